The molecule has 1 aromatic heterocycles. The highest BCUT2D eigenvalue weighted by molar-refractivity contribution is 5.63. The molecule has 7 nitrogen and oxygen atoms in total. The van der Waals surface area contributed by atoms with E-state index in [1.54, 1.807) is 6.20 Å². The first kappa shape index (κ1) is 14.8. The van der Waals surface area contributed by atoms with E-state index in [2.05, 4.69) is 10.4 Å². The number of phenolic OH excluding ortho intramolecular Hbond substituents is 1. The van der Waals surface area contributed by atoms with Crippen LogP contribution in [-0.2, 0) is 12.1 Å². The van der Waals surface area contributed by atoms with Crippen LogP contribution in [0.2, 0.25) is 0 Å². The summed E-state index contributed by atoms with van der Waals surface area (Å²) >= 11 is 0. The van der Waals surface area contributed by atoms with Crippen LogP contribution >= 0.6 is 0 Å². The minimum atomic E-state index is -0.527. The fourth-order valence-electron chi connectivity index (χ4n) is 1.84. The van der Waals surface area contributed by atoms with Gasteiger partial charge in [0.05, 0.1) is 22.7 Å². The molecule has 1 aromatic carbocycles. The quantitative estimate of drug-likeness (QED) is 0.513. The van der Waals surface area contributed by atoms with Crippen molar-refractivity contribution in [3.05, 3.63) is 46.3 Å². The predicted octanol–water partition coefficient (Wildman–Crippen LogP) is 2.86. The molecule has 0 saturated heterocycles. The summed E-state index contributed by atoms with van der Waals surface area (Å²) in [5.41, 5.74) is 1.02. The maximum absolute atomic E-state index is 11.0. The Balaban J connectivity index is 2.13. The first-order valence-electron chi connectivity index (χ1n) is 6.52. The lowest BCUT2D eigenvalue weighted by molar-refractivity contribution is -0.384. The van der Waals surface area contributed by atoms with E-state index in [1.807, 2.05) is 31.6 Å². The first-order chi connectivity index (χ1) is 9.77. The van der Waals surface area contributed by atoms with Crippen molar-refractivity contribution in [2.24, 2.45) is 0 Å². The molecule has 7 heteroatoms. The SMILES string of the molecule is CC(C)(C)n1cc(CNc2ccc(O)cc2[N+](=O)[O-])cn1. The smallest absolute Gasteiger partial charge is 0.296 e. The van der Waals surface area contributed by atoms with E-state index in [0.717, 1.165) is 11.6 Å². The largest absolute Gasteiger partial charge is 0.508 e. The highest BCUT2D eigenvalue weighted by Crippen LogP contribution is 2.28. The second-order valence-corrected chi connectivity index (χ2v) is 5.78. The van der Waals surface area contributed by atoms with E-state index < -0.39 is 4.92 Å². The molecular formula is C14H18N4O3. The molecule has 0 spiro atoms. The van der Waals surface area contributed by atoms with Crippen LogP contribution in [0.25, 0.3) is 0 Å². The number of phenols is 1. The van der Waals surface area contributed by atoms with E-state index in [4.69, 9.17) is 0 Å². The summed E-state index contributed by atoms with van der Waals surface area (Å²) in [4.78, 5) is 10.4. The number of anilines is 1. The number of hydrogen-bond acceptors (Lipinski definition) is 5. The van der Waals surface area contributed by atoms with E-state index in [0.29, 0.717) is 12.2 Å². The molecule has 0 fully saturated rings. The molecule has 0 atom stereocenters. The average Bonchev–Trinajstić information content (AvgIpc) is 2.85. The molecule has 0 aliphatic heterocycles. The zero-order valence-electron chi connectivity index (χ0n) is 12.2. The summed E-state index contributed by atoms with van der Waals surface area (Å²) in [5.74, 6) is -0.132. The van der Waals surface area contributed by atoms with Crippen molar-refractivity contribution in [3.8, 4) is 5.75 Å². The van der Waals surface area contributed by atoms with Gasteiger partial charge in [0.2, 0.25) is 0 Å². The third-order valence-electron chi connectivity index (χ3n) is 2.98. The lowest BCUT2D eigenvalue weighted by atomic mass is 10.1. The summed E-state index contributed by atoms with van der Waals surface area (Å²) in [5, 5.41) is 27.5. The minimum Gasteiger partial charge on any atom is -0.508 e. The Morgan fingerprint density at radius 2 is 2.14 bits per heavy atom. The summed E-state index contributed by atoms with van der Waals surface area (Å²) in [6.07, 6.45) is 3.63. The van der Waals surface area contributed by atoms with Gasteiger partial charge in [0.15, 0.2) is 0 Å². The molecule has 112 valence electrons. The standard InChI is InChI=1S/C14H18N4O3/c1-14(2,3)17-9-10(8-16-17)7-15-12-5-4-11(19)6-13(12)18(20)21/h4-6,8-9,15,19H,7H2,1-3H3. The zero-order chi connectivity index (χ0) is 15.6. The van der Waals surface area contributed by atoms with Gasteiger partial charge in [-0.3, -0.25) is 14.8 Å². The van der Waals surface area contributed by atoms with E-state index in [-0.39, 0.29) is 17.0 Å². The Labute approximate surface area is 122 Å². The van der Waals surface area contributed by atoms with Gasteiger partial charge < -0.3 is 10.4 Å². The number of aromatic nitrogens is 2. The third kappa shape index (κ3) is 3.50. The molecule has 1 heterocycles. The van der Waals surface area contributed by atoms with Crippen molar-refractivity contribution < 1.29 is 10.0 Å². The maximum Gasteiger partial charge on any atom is 0.296 e. The molecular weight excluding hydrogens is 272 g/mol. The van der Waals surface area contributed by atoms with Gasteiger partial charge in [0, 0.05) is 18.3 Å². The van der Waals surface area contributed by atoms with Gasteiger partial charge in [-0.05, 0) is 32.9 Å². The van der Waals surface area contributed by atoms with Crippen LogP contribution in [0.15, 0.2) is 30.6 Å². The highest BCUT2D eigenvalue weighted by Gasteiger charge is 2.16. The van der Waals surface area contributed by atoms with Crippen LogP contribution in [-0.4, -0.2) is 19.8 Å². The van der Waals surface area contributed by atoms with Crippen molar-refractivity contribution in [2.75, 3.05) is 5.32 Å². The summed E-state index contributed by atoms with van der Waals surface area (Å²) in [6, 6.07) is 4.02. The van der Waals surface area contributed by atoms with Crippen LogP contribution in [0.1, 0.15) is 26.3 Å². The number of aromatic hydroxyl groups is 1. The first-order valence-corrected chi connectivity index (χ1v) is 6.52. The molecule has 2 aromatic rings. The van der Waals surface area contributed by atoms with Gasteiger partial charge in [0.1, 0.15) is 11.4 Å². The average molecular weight is 290 g/mol. The van der Waals surface area contributed by atoms with Gasteiger partial charge >= 0.3 is 0 Å². The maximum atomic E-state index is 11.0. The minimum absolute atomic E-state index is 0.108. The Morgan fingerprint density at radius 1 is 1.43 bits per heavy atom. The Bertz CT molecular complexity index is 658. The predicted molar refractivity (Wildman–Crippen MR) is 79.3 cm³/mol. The van der Waals surface area contributed by atoms with Gasteiger partial charge in [-0.15, -0.1) is 0 Å². The second-order valence-electron chi connectivity index (χ2n) is 5.78. The normalized spacial score (nSPS) is 11.4. The molecule has 0 unspecified atom stereocenters. The number of rotatable bonds is 4. The molecule has 2 rings (SSSR count). The third-order valence-corrected chi connectivity index (χ3v) is 2.98. The Hall–Kier alpha value is -2.57. The van der Waals surface area contributed by atoms with E-state index >= 15 is 0 Å². The summed E-state index contributed by atoms with van der Waals surface area (Å²) in [6.45, 7) is 6.55. The highest BCUT2D eigenvalue weighted by atomic mass is 16.6. The summed E-state index contributed by atoms with van der Waals surface area (Å²) in [7, 11) is 0. The number of nitrogens with one attached hydrogen (secondary N) is 1. The topological polar surface area (TPSA) is 93.2 Å². The van der Waals surface area contributed by atoms with Gasteiger partial charge in [-0.25, -0.2) is 0 Å². The van der Waals surface area contributed by atoms with Gasteiger partial charge in [-0.1, -0.05) is 0 Å². The van der Waals surface area contributed by atoms with Crippen LogP contribution in [0.3, 0.4) is 0 Å². The molecule has 2 N–H and O–H groups in total. The van der Waals surface area contributed by atoms with Crippen molar-refractivity contribution >= 4 is 11.4 Å². The number of benzene rings is 1. The number of nitrogens with zero attached hydrogens (tertiary/aromatic N) is 3. The van der Waals surface area contributed by atoms with Crippen LogP contribution in [0.4, 0.5) is 11.4 Å². The van der Waals surface area contributed by atoms with Crippen molar-refractivity contribution in [1.29, 1.82) is 0 Å². The number of hydrogen-bond donors (Lipinski definition) is 2. The lowest BCUT2D eigenvalue weighted by Gasteiger charge is -2.18. The van der Waals surface area contributed by atoms with E-state index in [1.165, 1.54) is 12.1 Å². The monoisotopic (exact) mass is 290 g/mol. The molecule has 0 amide bonds. The lowest BCUT2D eigenvalue weighted by Crippen LogP contribution is -2.21. The van der Waals surface area contributed by atoms with Crippen molar-refractivity contribution in [3.63, 3.8) is 0 Å². The number of nitro groups is 1. The van der Waals surface area contributed by atoms with Crippen molar-refractivity contribution in [1.82, 2.24) is 9.78 Å². The fraction of sp³-hybridized carbons (Fsp3) is 0.357. The number of nitro benzene ring substituents is 1. The molecule has 0 aliphatic rings. The molecule has 0 bridgehead atoms. The van der Waals surface area contributed by atoms with Crippen molar-refractivity contribution in [2.45, 2.75) is 32.9 Å². The molecule has 0 radical (unpaired) electrons. The van der Waals surface area contributed by atoms with Crippen LogP contribution < -0.4 is 5.32 Å². The second kappa shape index (κ2) is 5.43. The Morgan fingerprint density at radius 3 is 2.71 bits per heavy atom. The zero-order valence-corrected chi connectivity index (χ0v) is 12.2. The summed E-state index contributed by atoms with van der Waals surface area (Å²) < 4.78 is 1.84. The van der Waals surface area contributed by atoms with Crippen LogP contribution in [0, 0.1) is 10.1 Å². The van der Waals surface area contributed by atoms with Crippen LogP contribution in [0.5, 0.6) is 5.75 Å². The Kier molecular flexibility index (Phi) is 3.84. The van der Waals surface area contributed by atoms with Gasteiger partial charge in [-0.2, -0.15) is 5.10 Å². The molecule has 21 heavy (non-hydrogen) atoms. The molecule has 0 saturated carbocycles. The molecule has 0 aliphatic carbocycles. The fourth-order valence-corrected chi connectivity index (χ4v) is 1.84. The van der Waals surface area contributed by atoms with Gasteiger partial charge in [0.25, 0.3) is 5.69 Å². The van der Waals surface area contributed by atoms with E-state index in [9.17, 15) is 15.2 Å².